The van der Waals surface area contributed by atoms with Crippen LogP contribution < -0.4 is 10.6 Å². The Hall–Kier alpha value is -2.94. The molecule has 0 saturated carbocycles. The first-order valence-electron chi connectivity index (χ1n) is 10.6. The maximum absolute atomic E-state index is 12.6. The van der Waals surface area contributed by atoms with Crippen LogP contribution in [-0.2, 0) is 6.54 Å². The highest BCUT2D eigenvalue weighted by molar-refractivity contribution is 5.92. The van der Waals surface area contributed by atoms with Crippen molar-refractivity contribution in [3.05, 3.63) is 47.8 Å². The zero-order valence-electron chi connectivity index (χ0n) is 17.3. The second-order valence-electron chi connectivity index (χ2n) is 7.99. The van der Waals surface area contributed by atoms with Gasteiger partial charge in [-0.15, -0.1) is 5.10 Å². The summed E-state index contributed by atoms with van der Waals surface area (Å²) in [5.74, 6) is -0.178. The molecule has 2 N–H and O–H groups in total. The summed E-state index contributed by atoms with van der Waals surface area (Å²) in [6.07, 6.45) is 3.53. The monoisotopic (exact) mass is 411 g/mol. The van der Waals surface area contributed by atoms with Gasteiger partial charge in [0.1, 0.15) is 0 Å². The molecule has 1 aromatic heterocycles. The predicted octanol–water partition coefficient (Wildman–Crippen LogP) is 1.26. The molecule has 1 aromatic carbocycles. The first kappa shape index (κ1) is 20.3. The SMILES string of the molecule is CCNC(=O)N1CC(n2cc(C(=O)NC3CCN(Cc4ccccc4)CC3)nn2)C1. The quantitative estimate of drug-likeness (QED) is 0.746. The first-order valence-corrected chi connectivity index (χ1v) is 10.6. The lowest BCUT2D eigenvalue weighted by Crippen LogP contribution is -2.54. The van der Waals surface area contributed by atoms with E-state index in [0.717, 1.165) is 32.5 Å². The number of hydrogen-bond acceptors (Lipinski definition) is 5. The fraction of sp³-hybridized carbons (Fsp3) is 0.524. The smallest absolute Gasteiger partial charge is 0.317 e. The fourth-order valence-electron chi connectivity index (χ4n) is 3.95. The van der Waals surface area contributed by atoms with Crippen LogP contribution in [-0.4, -0.2) is 75.5 Å². The van der Waals surface area contributed by atoms with Crippen molar-refractivity contribution in [3.63, 3.8) is 0 Å². The van der Waals surface area contributed by atoms with E-state index in [2.05, 4.69) is 50.1 Å². The van der Waals surface area contributed by atoms with Gasteiger partial charge in [0, 0.05) is 45.3 Å². The minimum absolute atomic E-state index is 0.0644. The number of carbonyl (C=O) groups is 2. The summed E-state index contributed by atoms with van der Waals surface area (Å²) in [6, 6.07) is 10.6. The Morgan fingerprint density at radius 1 is 1.13 bits per heavy atom. The molecule has 0 atom stereocenters. The van der Waals surface area contributed by atoms with Crippen molar-refractivity contribution in [2.75, 3.05) is 32.7 Å². The topological polar surface area (TPSA) is 95.4 Å². The lowest BCUT2D eigenvalue weighted by molar-refractivity contribution is 0.0903. The molecule has 30 heavy (non-hydrogen) atoms. The number of amides is 3. The van der Waals surface area contributed by atoms with Crippen molar-refractivity contribution in [1.82, 2.24) is 35.4 Å². The minimum atomic E-state index is -0.178. The van der Waals surface area contributed by atoms with E-state index in [9.17, 15) is 9.59 Å². The van der Waals surface area contributed by atoms with Gasteiger partial charge in [-0.2, -0.15) is 0 Å². The largest absolute Gasteiger partial charge is 0.348 e. The van der Waals surface area contributed by atoms with Crippen molar-refractivity contribution in [3.8, 4) is 0 Å². The molecule has 2 fully saturated rings. The normalized spacial score (nSPS) is 18.1. The van der Waals surface area contributed by atoms with Gasteiger partial charge in [0.05, 0.1) is 12.2 Å². The fourth-order valence-corrected chi connectivity index (χ4v) is 3.95. The van der Waals surface area contributed by atoms with Crippen molar-refractivity contribution < 1.29 is 9.59 Å². The zero-order valence-corrected chi connectivity index (χ0v) is 17.3. The van der Waals surface area contributed by atoms with Crippen molar-refractivity contribution in [1.29, 1.82) is 0 Å². The number of piperidine rings is 1. The molecule has 2 aromatic rings. The molecular weight excluding hydrogens is 382 g/mol. The van der Waals surface area contributed by atoms with Crippen molar-refractivity contribution in [2.45, 2.75) is 38.4 Å². The Morgan fingerprint density at radius 2 is 1.87 bits per heavy atom. The van der Waals surface area contributed by atoms with Gasteiger partial charge in [-0.05, 0) is 25.3 Å². The summed E-state index contributed by atoms with van der Waals surface area (Å²) in [7, 11) is 0. The van der Waals surface area contributed by atoms with Crippen LogP contribution in [0.4, 0.5) is 4.79 Å². The van der Waals surface area contributed by atoms with Crippen LogP contribution in [0.15, 0.2) is 36.5 Å². The second kappa shape index (κ2) is 9.25. The van der Waals surface area contributed by atoms with Crippen LogP contribution in [0.1, 0.15) is 41.9 Å². The summed E-state index contributed by atoms with van der Waals surface area (Å²) in [6.45, 7) is 6.54. The number of urea groups is 1. The lowest BCUT2D eigenvalue weighted by atomic mass is 10.0. The Labute approximate surface area is 176 Å². The van der Waals surface area contributed by atoms with Gasteiger partial charge in [0.2, 0.25) is 0 Å². The van der Waals surface area contributed by atoms with Gasteiger partial charge in [0.15, 0.2) is 5.69 Å². The summed E-state index contributed by atoms with van der Waals surface area (Å²) in [5.41, 5.74) is 1.65. The third kappa shape index (κ3) is 4.79. The van der Waals surface area contributed by atoms with Crippen LogP contribution in [0.2, 0.25) is 0 Å². The van der Waals surface area contributed by atoms with E-state index >= 15 is 0 Å². The van der Waals surface area contributed by atoms with Gasteiger partial charge in [-0.1, -0.05) is 35.5 Å². The van der Waals surface area contributed by atoms with E-state index in [1.54, 1.807) is 15.8 Å². The highest BCUT2D eigenvalue weighted by Crippen LogP contribution is 2.20. The van der Waals surface area contributed by atoms with Gasteiger partial charge in [-0.25, -0.2) is 9.48 Å². The number of carbonyl (C=O) groups excluding carboxylic acids is 2. The van der Waals surface area contributed by atoms with E-state index in [1.165, 1.54) is 5.56 Å². The molecule has 0 aliphatic carbocycles. The molecule has 9 nitrogen and oxygen atoms in total. The van der Waals surface area contributed by atoms with Crippen molar-refractivity contribution >= 4 is 11.9 Å². The molecule has 2 aliphatic rings. The Kier molecular flexibility index (Phi) is 6.27. The van der Waals surface area contributed by atoms with E-state index in [4.69, 9.17) is 0 Å². The van der Waals surface area contributed by atoms with Crippen LogP contribution in [0.3, 0.4) is 0 Å². The summed E-state index contributed by atoms with van der Waals surface area (Å²) >= 11 is 0. The van der Waals surface area contributed by atoms with E-state index < -0.39 is 0 Å². The number of likely N-dealkylation sites (tertiary alicyclic amines) is 2. The molecule has 0 spiro atoms. The molecular formula is C21H29N7O2. The highest BCUT2D eigenvalue weighted by atomic mass is 16.2. The van der Waals surface area contributed by atoms with Crippen LogP contribution in [0.5, 0.6) is 0 Å². The molecule has 160 valence electrons. The maximum atomic E-state index is 12.6. The predicted molar refractivity (Wildman–Crippen MR) is 112 cm³/mol. The van der Waals surface area contributed by atoms with Gasteiger partial charge < -0.3 is 15.5 Å². The zero-order chi connectivity index (χ0) is 20.9. The number of hydrogen-bond donors (Lipinski definition) is 2. The lowest BCUT2D eigenvalue weighted by Gasteiger charge is -2.38. The number of nitrogens with one attached hydrogen (secondary N) is 2. The molecule has 4 rings (SSSR count). The number of aromatic nitrogens is 3. The molecule has 0 unspecified atom stereocenters. The van der Waals surface area contributed by atoms with E-state index in [1.807, 2.05) is 13.0 Å². The third-order valence-electron chi connectivity index (χ3n) is 5.77. The maximum Gasteiger partial charge on any atom is 0.317 e. The Morgan fingerprint density at radius 3 is 2.57 bits per heavy atom. The van der Waals surface area contributed by atoms with Gasteiger partial charge in [0.25, 0.3) is 5.91 Å². The Balaban J connectivity index is 1.21. The molecule has 0 bridgehead atoms. The molecule has 2 saturated heterocycles. The van der Waals surface area contributed by atoms with Crippen LogP contribution >= 0.6 is 0 Å². The van der Waals surface area contributed by atoms with Crippen LogP contribution in [0, 0.1) is 0 Å². The van der Waals surface area contributed by atoms with Crippen LogP contribution in [0.25, 0.3) is 0 Å². The number of benzene rings is 1. The number of rotatable bonds is 6. The molecule has 3 heterocycles. The summed E-state index contributed by atoms with van der Waals surface area (Å²) in [4.78, 5) is 28.5. The van der Waals surface area contributed by atoms with Gasteiger partial charge in [-0.3, -0.25) is 9.69 Å². The van der Waals surface area contributed by atoms with E-state index in [0.29, 0.717) is 25.3 Å². The number of nitrogens with zero attached hydrogens (tertiary/aromatic N) is 5. The molecule has 2 aliphatic heterocycles. The third-order valence-corrected chi connectivity index (χ3v) is 5.77. The highest BCUT2D eigenvalue weighted by Gasteiger charge is 2.33. The summed E-state index contributed by atoms with van der Waals surface area (Å²) < 4.78 is 1.69. The molecule has 3 amide bonds. The first-order chi connectivity index (χ1) is 14.6. The van der Waals surface area contributed by atoms with E-state index in [-0.39, 0.29) is 24.0 Å². The van der Waals surface area contributed by atoms with Crippen molar-refractivity contribution in [2.24, 2.45) is 0 Å². The molecule has 9 heteroatoms. The average molecular weight is 412 g/mol. The summed E-state index contributed by atoms with van der Waals surface area (Å²) in [5, 5.41) is 14.0. The second-order valence-corrected chi connectivity index (χ2v) is 7.99. The molecule has 0 radical (unpaired) electrons. The van der Waals surface area contributed by atoms with Gasteiger partial charge >= 0.3 is 6.03 Å². The standard InChI is InChI=1S/C21H29N7O2/c1-2-22-21(30)27-13-18(14-27)28-15-19(24-25-28)20(29)23-17-8-10-26(11-9-17)12-16-6-4-3-5-7-16/h3-7,15,17-18H,2,8-14H2,1H3,(H,22,30)(H,23,29). The average Bonchev–Trinajstić information content (AvgIpc) is 3.19. The minimum Gasteiger partial charge on any atom is -0.348 e. The Bertz CT molecular complexity index is 855.